The van der Waals surface area contributed by atoms with Crippen LogP contribution in [0.2, 0.25) is 16.6 Å². The molecule has 2 amide bonds. The largest absolute Gasteiger partial charge is 0.444 e. The number of carbonyl (C=O) groups excluding carboxylic acids is 2. The van der Waals surface area contributed by atoms with E-state index in [4.69, 9.17) is 9.72 Å². The Bertz CT molecular complexity index is 1490. The average molecular weight is 590 g/mol. The number of hydrogen-bond acceptors (Lipinski definition) is 5. The second-order valence-electron chi connectivity index (χ2n) is 13.0. The number of carbonyl (C=O) groups is 2. The normalized spacial score (nSPS) is 12.8. The summed E-state index contributed by atoms with van der Waals surface area (Å²) < 4.78 is 7.30. The van der Waals surface area contributed by atoms with Crippen molar-refractivity contribution in [3.8, 4) is 22.6 Å². The number of pyridine rings is 1. The van der Waals surface area contributed by atoms with Gasteiger partial charge in [0, 0.05) is 25.0 Å². The van der Waals surface area contributed by atoms with Crippen LogP contribution in [-0.4, -0.2) is 58.4 Å². The van der Waals surface area contributed by atoms with Crippen LogP contribution in [0.1, 0.15) is 74.9 Å². The van der Waals surface area contributed by atoms with Gasteiger partial charge in [-0.05, 0) is 62.0 Å². The van der Waals surface area contributed by atoms with E-state index in [0.29, 0.717) is 28.1 Å². The molecule has 1 atom stereocenters. The van der Waals surface area contributed by atoms with Gasteiger partial charge < -0.3 is 10.1 Å². The SMILES string of the molecule is CC(C(=O)Nc1cc(-c2cccc3cnn(C)c23)cc(C#C[Si](C(C)C)(C(C)C)C(C)C)n1)N(C)C(=O)OC(C)(C)C. The number of fused-ring (bicyclic) bond motifs is 1. The van der Waals surface area contributed by atoms with Gasteiger partial charge in [0.1, 0.15) is 31.2 Å². The van der Waals surface area contributed by atoms with Gasteiger partial charge in [0.25, 0.3) is 0 Å². The van der Waals surface area contributed by atoms with E-state index in [0.717, 1.165) is 22.0 Å². The highest BCUT2D eigenvalue weighted by Crippen LogP contribution is 2.41. The van der Waals surface area contributed by atoms with Gasteiger partial charge in [0.15, 0.2) is 0 Å². The number of anilines is 1. The molecule has 0 aliphatic carbocycles. The predicted octanol–water partition coefficient (Wildman–Crippen LogP) is 7.40. The van der Waals surface area contributed by atoms with Crippen molar-refractivity contribution in [2.24, 2.45) is 7.05 Å². The maximum atomic E-state index is 13.3. The van der Waals surface area contributed by atoms with Crippen LogP contribution in [0.4, 0.5) is 10.6 Å². The third kappa shape index (κ3) is 7.04. The van der Waals surface area contributed by atoms with Crippen LogP contribution < -0.4 is 5.32 Å². The molecule has 0 saturated carbocycles. The minimum absolute atomic E-state index is 0.372. The van der Waals surface area contributed by atoms with E-state index < -0.39 is 25.8 Å². The number of nitrogens with zero attached hydrogens (tertiary/aromatic N) is 4. The molecule has 226 valence electrons. The smallest absolute Gasteiger partial charge is 0.410 e. The summed E-state index contributed by atoms with van der Waals surface area (Å²) in [7, 11) is 1.44. The number of hydrogen-bond donors (Lipinski definition) is 1. The number of likely N-dealkylation sites (N-methyl/N-ethyl adjacent to an activating group) is 1. The summed E-state index contributed by atoms with van der Waals surface area (Å²) in [5, 5.41) is 8.40. The van der Waals surface area contributed by atoms with Crippen LogP contribution >= 0.6 is 0 Å². The topological polar surface area (TPSA) is 89.4 Å². The average Bonchev–Trinajstić information content (AvgIpc) is 3.27. The van der Waals surface area contributed by atoms with Crippen molar-refractivity contribution >= 4 is 36.8 Å². The first-order chi connectivity index (χ1) is 19.5. The van der Waals surface area contributed by atoms with Crippen LogP contribution in [0.25, 0.3) is 22.0 Å². The van der Waals surface area contributed by atoms with Gasteiger partial charge in [-0.3, -0.25) is 14.4 Å². The number of rotatable bonds is 7. The zero-order valence-electron chi connectivity index (χ0n) is 27.3. The van der Waals surface area contributed by atoms with Crippen LogP contribution in [0.15, 0.2) is 36.5 Å². The summed E-state index contributed by atoms with van der Waals surface area (Å²) in [6.07, 6.45) is 1.27. The van der Waals surface area contributed by atoms with Crippen LogP contribution in [0, 0.1) is 11.5 Å². The van der Waals surface area contributed by atoms with E-state index in [1.165, 1.54) is 4.90 Å². The number of para-hydroxylation sites is 1. The second kappa shape index (κ2) is 12.7. The molecule has 1 N–H and O–H groups in total. The molecule has 0 fully saturated rings. The lowest BCUT2D eigenvalue weighted by Crippen LogP contribution is -2.45. The summed E-state index contributed by atoms with van der Waals surface area (Å²) in [5.41, 5.74) is 7.91. The van der Waals surface area contributed by atoms with Gasteiger partial charge >= 0.3 is 6.09 Å². The van der Waals surface area contributed by atoms with Gasteiger partial charge in [0.05, 0.1) is 11.7 Å². The molecule has 2 heterocycles. The van der Waals surface area contributed by atoms with Crippen molar-refractivity contribution in [3.63, 3.8) is 0 Å². The highest BCUT2D eigenvalue weighted by molar-refractivity contribution is 6.90. The Morgan fingerprint density at radius 1 is 1.02 bits per heavy atom. The van der Waals surface area contributed by atoms with Crippen LogP contribution in [0.5, 0.6) is 0 Å². The molecule has 2 aromatic heterocycles. The molecule has 42 heavy (non-hydrogen) atoms. The van der Waals surface area contributed by atoms with Crippen molar-refractivity contribution < 1.29 is 14.3 Å². The highest BCUT2D eigenvalue weighted by Gasteiger charge is 2.41. The summed E-state index contributed by atoms with van der Waals surface area (Å²) in [5.74, 6) is 3.45. The van der Waals surface area contributed by atoms with Gasteiger partial charge in [-0.1, -0.05) is 65.7 Å². The molecule has 3 rings (SSSR count). The fraction of sp³-hybridized carbons (Fsp3) is 0.515. The summed E-state index contributed by atoms with van der Waals surface area (Å²) in [6, 6.07) is 9.11. The Balaban J connectivity index is 2.11. The van der Waals surface area contributed by atoms with E-state index in [-0.39, 0.29) is 5.91 Å². The second-order valence-corrected chi connectivity index (χ2v) is 18.6. The molecule has 0 radical (unpaired) electrons. The molecule has 0 saturated heterocycles. The quantitative estimate of drug-likeness (QED) is 0.229. The maximum absolute atomic E-state index is 13.3. The fourth-order valence-corrected chi connectivity index (χ4v) is 11.0. The number of aryl methyl sites for hydroxylation is 1. The van der Waals surface area contributed by atoms with Crippen molar-refractivity contribution in [3.05, 3.63) is 42.2 Å². The molecule has 1 unspecified atom stereocenters. The van der Waals surface area contributed by atoms with Crippen molar-refractivity contribution in [1.29, 1.82) is 0 Å². The van der Waals surface area contributed by atoms with E-state index in [1.807, 2.05) is 48.3 Å². The molecule has 0 aliphatic rings. The molecule has 0 bridgehead atoms. The molecule has 0 aliphatic heterocycles. The first-order valence-electron chi connectivity index (χ1n) is 14.7. The molecule has 8 nitrogen and oxygen atoms in total. The predicted molar refractivity (Wildman–Crippen MR) is 174 cm³/mol. The zero-order valence-corrected chi connectivity index (χ0v) is 28.3. The Kier molecular flexibility index (Phi) is 9.94. The molecule has 9 heteroatoms. The van der Waals surface area contributed by atoms with E-state index in [2.05, 4.69) is 63.4 Å². The zero-order chi connectivity index (χ0) is 31.6. The minimum atomic E-state index is -2.02. The molecular weight excluding hydrogens is 542 g/mol. The summed E-state index contributed by atoms with van der Waals surface area (Å²) >= 11 is 0. The Morgan fingerprint density at radius 2 is 1.64 bits per heavy atom. The van der Waals surface area contributed by atoms with E-state index >= 15 is 0 Å². The van der Waals surface area contributed by atoms with Gasteiger partial charge in [-0.25, -0.2) is 9.78 Å². The van der Waals surface area contributed by atoms with Gasteiger partial charge in [-0.15, -0.1) is 5.54 Å². The standard InChI is InChI=1S/C33H47N5O3Si/c1-21(2)42(22(3)4,23(5)6)17-16-27-18-26(28-15-13-14-25-20-34-38(12)30(25)28)19-29(35-27)36-31(39)24(7)37(11)32(40)41-33(8,9)10/h13-15,18-24H,1-12H3,(H,35,36,39). The summed E-state index contributed by atoms with van der Waals surface area (Å²) in [4.78, 5) is 32.0. The first kappa shape index (κ1) is 32.9. The third-order valence-electron chi connectivity index (χ3n) is 8.06. The lowest BCUT2D eigenvalue weighted by molar-refractivity contribution is -0.120. The third-order valence-corrected chi connectivity index (χ3v) is 14.4. The van der Waals surface area contributed by atoms with Gasteiger partial charge in [0.2, 0.25) is 5.91 Å². The number of amides is 2. The van der Waals surface area contributed by atoms with E-state index in [9.17, 15) is 9.59 Å². The first-order valence-corrected chi connectivity index (χ1v) is 16.9. The number of benzene rings is 1. The highest BCUT2D eigenvalue weighted by atomic mass is 28.3. The Labute approximate surface area is 252 Å². The van der Waals surface area contributed by atoms with Crippen LogP contribution in [-0.2, 0) is 16.6 Å². The van der Waals surface area contributed by atoms with Crippen molar-refractivity contribution in [1.82, 2.24) is 19.7 Å². The van der Waals surface area contributed by atoms with Crippen molar-refractivity contribution in [2.75, 3.05) is 12.4 Å². The minimum Gasteiger partial charge on any atom is -0.444 e. The fourth-order valence-electron chi connectivity index (χ4n) is 5.78. The Hall–Kier alpha value is -3.64. The lowest BCUT2D eigenvalue weighted by Gasteiger charge is -2.38. The number of aromatic nitrogens is 3. The molecule has 1 aromatic carbocycles. The number of nitrogens with one attached hydrogen (secondary N) is 1. The summed E-state index contributed by atoms with van der Waals surface area (Å²) in [6.45, 7) is 20.7. The maximum Gasteiger partial charge on any atom is 0.410 e. The molecular formula is C33H47N5O3Si. The Morgan fingerprint density at radius 3 is 2.21 bits per heavy atom. The lowest BCUT2D eigenvalue weighted by atomic mass is 10.0. The number of ether oxygens (including phenoxy) is 1. The van der Waals surface area contributed by atoms with Crippen molar-refractivity contribution in [2.45, 2.75) is 97.5 Å². The van der Waals surface area contributed by atoms with Crippen LogP contribution in [0.3, 0.4) is 0 Å². The molecule has 3 aromatic rings. The molecule has 0 spiro atoms. The van der Waals surface area contributed by atoms with Gasteiger partial charge in [-0.2, -0.15) is 5.10 Å². The monoisotopic (exact) mass is 589 g/mol. The van der Waals surface area contributed by atoms with E-state index in [1.54, 1.807) is 34.7 Å².